The summed E-state index contributed by atoms with van der Waals surface area (Å²) in [4.78, 5) is 4.23. The number of nitrogens with zero attached hydrogens (tertiary/aromatic N) is 2. The van der Waals surface area contributed by atoms with E-state index < -0.39 is 0 Å². The van der Waals surface area contributed by atoms with Crippen molar-refractivity contribution in [1.29, 1.82) is 5.26 Å². The third-order valence-corrected chi connectivity index (χ3v) is 1.80. The van der Waals surface area contributed by atoms with Crippen LogP contribution in [0.25, 0.3) is 0 Å². The van der Waals surface area contributed by atoms with Gasteiger partial charge in [0.2, 0.25) is 0 Å². The topological polar surface area (TPSA) is 36.7 Å². The SMILES string of the molecule is Cc1ccc(C#N)nc1C(C)C. The molecule has 0 bridgehead atoms. The number of aromatic nitrogens is 1. The molecule has 0 aliphatic carbocycles. The molecule has 62 valence electrons. The summed E-state index contributed by atoms with van der Waals surface area (Å²) in [7, 11) is 0. The number of nitriles is 1. The number of rotatable bonds is 1. The maximum atomic E-state index is 8.62. The molecule has 0 saturated carbocycles. The van der Waals surface area contributed by atoms with Crippen molar-refractivity contribution in [3.05, 3.63) is 29.1 Å². The third-order valence-electron chi connectivity index (χ3n) is 1.80. The van der Waals surface area contributed by atoms with Crippen molar-refractivity contribution in [1.82, 2.24) is 4.98 Å². The lowest BCUT2D eigenvalue weighted by atomic mass is 10.0. The molecule has 0 aliphatic rings. The zero-order chi connectivity index (χ0) is 9.14. The molecule has 12 heavy (non-hydrogen) atoms. The second-order valence-electron chi connectivity index (χ2n) is 3.17. The molecular weight excluding hydrogens is 148 g/mol. The Morgan fingerprint density at radius 3 is 2.58 bits per heavy atom. The Kier molecular flexibility index (Phi) is 2.44. The lowest BCUT2D eigenvalue weighted by molar-refractivity contribution is 0.808. The molecule has 0 radical (unpaired) electrons. The van der Waals surface area contributed by atoms with E-state index >= 15 is 0 Å². The molecule has 0 saturated heterocycles. The zero-order valence-corrected chi connectivity index (χ0v) is 7.63. The van der Waals surface area contributed by atoms with Gasteiger partial charge in [-0.2, -0.15) is 5.26 Å². The van der Waals surface area contributed by atoms with Gasteiger partial charge in [0.25, 0.3) is 0 Å². The molecular formula is C10H12N2. The van der Waals surface area contributed by atoms with Gasteiger partial charge in [-0.25, -0.2) is 4.98 Å². The number of pyridine rings is 1. The Balaban J connectivity index is 3.19. The maximum Gasteiger partial charge on any atom is 0.140 e. The smallest absolute Gasteiger partial charge is 0.140 e. The van der Waals surface area contributed by atoms with Crippen LogP contribution in [0.4, 0.5) is 0 Å². The van der Waals surface area contributed by atoms with E-state index in [9.17, 15) is 0 Å². The average Bonchev–Trinajstić information content (AvgIpc) is 2.05. The average molecular weight is 160 g/mol. The Bertz CT molecular complexity index is 321. The molecule has 2 heteroatoms. The van der Waals surface area contributed by atoms with Crippen molar-refractivity contribution in [3.8, 4) is 6.07 Å². The van der Waals surface area contributed by atoms with Crippen LogP contribution >= 0.6 is 0 Å². The van der Waals surface area contributed by atoms with Crippen molar-refractivity contribution in [3.63, 3.8) is 0 Å². The highest BCUT2D eigenvalue weighted by atomic mass is 14.7. The minimum absolute atomic E-state index is 0.387. The monoisotopic (exact) mass is 160 g/mol. The second-order valence-corrected chi connectivity index (χ2v) is 3.17. The first-order valence-corrected chi connectivity index (χ1v) is 4.02. The maximum absolute atomic E-state index is 8.62. The molecule has 0 fully saturated rings. The van der Waals surface area contributed by atoms with Crippen LogP contribution in [-0.4, -0.2) is 4.98 Å². The summed E-state index contributed by atoms with van der Waals surface area (Å²) in [6.07, 6.45) is 0. The Labute approximate surface area is 72.9 Å². The summed E-state index contributed by atoms with van der Waals surface area (Å²) >= 11 is 0. The third kappa shape index (κ3) is 1.62. The normalized spacial score (nSPS) is 9.92. The van der Waals surface area contributed by atoms with E-state index in [0.29, 0.717) is 11.6 Å². The van der Waals surface area contributed by atoms with Crippen LogP contribution in [0.3, 0.4) is 0 Å². The predicted octanol–water partition coefficient (Wildman–Crippen LogP) is 2.39. The molecule has 1 aromatic rings. The summed E-state index contributed by atoms with van der Waals surface area (Å²) in [5.74, 6) is 0.387. The van der Waals surface area contributed by atoms with Gasteiger partial charge in [0, 0.05) is 5.69 Å². The molecule has 1 rings (SSSR count). The fourth-order valence-electron chi connectivity index (χ4n) is 1.19. The van der Waals surface area contributed by atoms with E-state index in [4.69, 9.17) is 5.26 Å². The second kappa shape index (κ2) is 3.36. The van der Waals surface area contributed by atoms with E-state index in [1.807, 2.05) is 19.1 Å². The van der Waals surface area contributed by atoms with Gasteiger partial charge in [0.1, 0.15) is 11.8 Å². The van der Waals surface area contributed by atoms with E-state index in [-0.39, 0.29) is 0 Å². The molecule has 1 heterocycles. The van der Waals surface area contributed by atoms with E-state index in [0.717, 1.165) is 11.3 Å². The van der Waals surface area contributed by atoms with Crippen molar-refractivity contribution in [2.24, 2.45) is 0 Å². The van der Waals surface area contributed by atoms with Gasteiger partial charge in [-0.15, -0.1) is 0 Å². The van der Waals surface area contributed by atoms with Gasteiger partial charge in [-0.05, 0) is 24.5 Å². The van der Waals surface area contributed by atoms with Gasteiger partial charge in [0.15, 0.2) is 0 Å². The Hall–Kier alpha value is -1.36. The molecule has 0 aromatic carbocycles. The summed E-state index contributed by atoms with van der Waals surface area (Å²) in [6.45, 7) is 6.18. The summed E-state index contributed by atoms with van der Waals surface area (Å²) in [5.41, 5.74) is 2.68. The quantitative estimate of drug-likeness (QED) is 0.632. The largest absolute Gasteiger partial charge is 0.242 e. The Morgan fingerprint density at radius 1 is 1.42 bits per heavy atom. The van der Waals surface area contributed by atoms with E-state index in [1.54, 1.807) is 6.07 Å². The summed E-state index contributed by atoms with van der Waals surface area (Å²) < 4.78 is 0. The molecule has 0 unspecified atom stereocenters. The molecule has 0 aliphatic heterocycles. The van der Waals surface area contributed by atoms with Crippen LogP contribution in [0.2, 0.25) is 0 Å². The highest BCUT2D eigenvalue weighted by molar-refractivity contribution is 5.29. The van der Waals surface area contributed by atoms with Gasteiger partial charge in [-0.3, -0.25) is 0 Å². The highest BCUT2D eigenvalue weighted by Crippen LogP contribution is 2.16. The van der Waals surface area contributed by atoms with Crippen LogP contribution in [0.1, 0.15) is 36.7 Å². The zero-order valence-electron chi connectivity index (χ0n) is 7.63. The van der Waals surface area contributed by atoms with Crippen LogP contribution in [0, 0.1) is 18.3 Å². The van der Waals surface area contributed by atoms with E-state index in [1.165, 1.54) is 0 Å². The molecule has 1 aromatic heterocycles. The predicted molar refractivity (Wildman–Crippen MR) is 47.8 cm³/mol. The van der Waals surface area contributed by atoms with Gasteiger partial charge >= 0.3 is 0 Å². The number of hydrogen-bond acceptors (Lipinski definition) is 2. The molecule has 0 N–H and O–H groups in total. The standard InChI is InChI=1S/C10H12N2/c1-7(2)10-8(3)4-5-9(6-11)12-10/h4-5,7H,1-3H3. The van der Waals surface area contributed by atoms with Gasteiger partial charge in [0.05, 0.1) is 0 Å². The van der Waals surface area contributed by atoms with E-state index in [2.05, 4.69) is 18.8 Å². The minimum atomic E-state index is 0.387. The first-order valence-electron chi connectivity index (χ1n) is 4.02. The lowest BCUT2D eigenvalue weighted by Gasteiger charge is -2.07. The van der Waals surface area contributed by atoms with Crippen molar-refractivity contribution in [2.75, 3.05) is 0 Å². The van der Waals surface area contributed by atoms with Crippen molar-refractivity contribution >= 4 is 0 Å². The summed E-state index contributed by atoms with van der Waals surface area (Å²) in [6, 6.07) is 5.73. The minimum Gasteiger partial charge on any atom is -0.242 e. The van der Waals surface area contributed by atoms with Crippen molar-refractivity contribution < 1.29 is 0 Å². The Morgan fingerprint density at radius 2 is 2.08 bits per heavy atom. The van der Waals surface area contributed by atoms with Crippen LogP contribution in [0.15, 0.2) is 12.1 Å². The first-order chi connectivity index (χ1) is 5.65. The molecule has 2 nitrogen and oxygen atoms in total. The lowest BCUT2D eigenvalue weighted by Crippen LogP contribution is -1.98. The first kappa shape index (κ1) is 8.73. The number of aryl methyl sites for hydroxylation is 1. The number of hydrogen-bond donors (Lipinski definition) is 0. The summed E-state index contributed by atoms with van der Waals surface area (Å²) in [5, 5.41) is 8.62. The van der Waals surface area contributed by atoms with Gasteiger partial charge < -0.3 is 0 Å². The fraction of sp³-hybridized carbons (Fsp3) is 0.400. The van der Waals surface area contributed by atoms with Gasteiger partial charge in [-0.1, -0.05) is 19.9 Å². The van der Waals surface area contributed by atoms with Crippen LogP contribution in [-0.2, 0) is 0 Å². The van der Waals surface area contributed by atoms with Crippen molar-refractivity contribution in [2.45, 2.75) is 26.7 Å². The van der Waals surface area contributed by atoms with Crippen LogP contribution < -0.4 is 0 Å². The molecule has 0 atom stereocenters. The van der Waals surface area contributed by atoms with Crippen LogP contribution in [0.5, 0.6) is 0 Å². The molecule has 0 amide bonds. The molecule has 0 spiro atoms. The highest BCUT2D eigenvalue weighted by Gasteiger charge is 2.05. The fourth-order valence-corrected chi connectivity index (χ4v) is 1.19.